The van der Waals surface area contributed by atoms with E-state index in [9.17, 15) is 9.59 Å². The molecule has 0 saturated carbocycles. The maximum absolute atomic E-state index is 12.0. The fourth-order valence-corrected chi connectivity index (χ4v) is 2.09. The molecule has 3 amide bonds. The zero-order valence-electron chi connectivity index (χ0n) is 13.3. The van der Waals surface area contributed by atoms with Gasteiger partial charge in [0.15, 0.2) is 0 Å². The van der Waals surface area contributed by atoms with Crippen molar-refractivity contribution < 1.29 is 14.3 Å². The predicted octanol–water partition coefficient (Wildman–Crippen LogP) is 3.61. The number of benzene rings is 2. The molecule has 3 N–H and O–H groups in total. The molecule has 0 unspecified atom stereocenters. The summed E-state index contributed by atoms with van der Waals surface area (Å²) in [7, 11) is 1.51. The van der Waals surface area contributed by atoms with Gasteiger partial charge in [-0.25, -0.2) is 4.79 Å². The highest BCUT2D eigenvalue weighted by molar-refractivity contribution is 6.00. The number of methoxy groups -OCH3 is 1. The van der Waals surface area contributed by atoms with Crippen molar-refractivity contribution in [2.45, 2.75) is 13.8 Å². The van der Waals surface area contributed by atoms with Gasteiger partial charge in [0.1, 0.15) is 5.75 Å². The lowest BCUT2D eigenvalue weighted by molar-refractivity contribution is -0.114. The molecular formula is C17H19N3O3. The molecule has 0 aliphatic rings. The second-order valence-corrected chi connectivity index (χ2v) is 5.04. The summed E-state index contributed by atoms with van der Waals surface area (Å²) in [5.74, 6) is 0.300. The van der Waals surface area contributed by atoms with E-state index in [2.05, 4.69) is 16.0 Å². The van der Waals surface area contributed by atoms with Gasteiger partial charge in [-0.1, -0.05) is 12.1 Å². The SMILES string of the molecule is COc1ccc(NC(=O)Nc2cccc(C)c2)cc1NC(C)=O. The minimum atomic E-state index is -0.366. The Hall–Kier alpha value is -3.02. The largest absolute Gasteiger partial charge is 0.495 e. The maximum atomic E-state index is 12.0. The van der Waals surface area contributed by atoms with Crippen molar-refractivity contribution in [3.63, 3.8) is 0 Å². The number of urea groups is 1. The van der Waals surface area contributed by atoms with Crippen LogP contribution in [0.15, 0.2) is 42.5 Å². The number of anilines is 3. The Balaban J connectivity index is 2.09. The molecule has 0 bridgehead atoms. The summed E-state index contributed by atoms with van der Waals surface area (Å²) < 4.78 is 5.17. The summed E-state index contributed by atoms with van der Waals surface area (Å²) in [6.45, 7) is 3.36. The van der Waals surface area contributed by atoms with Gasteiger partial charge < -0.3 is 20.7 Å². The van der Waals surface area contributed by atoms with Crippen LogP contribution in [0.5, 0.6) is 5.75 Å². The third-order valence-electron chi connectivity index (χ3n) is 3.04. The average Bonchev–Trinajstić information content (AvgIpc) is 2.46. The van der Waals surface area contributed by atoms with Crippen molar-refractivity contribution in [2.75, 3.05) is 23.1 Å². The van der Waals surface area contributed by atoms with Crippen molar-refractivity contribution >= 4 is 29.0 Å². The van der Waals surface area contributed by atoms with E-state index in [1.165, 1.54) is 14.0 Å². The molecule has 0 saturated heterocycles. The van der Waals surface area contributed by atoms with Crippen LogP contribution >= 0.6 is 0 Å². The highest BCUT2D eigenvalue weighted by atomic mass is 16.5. The van der Waals surface area contributed by atoms with Crippen LogP contribution in [-0.4, -0.2) is 19.0 Å². The molecule has 120 valence electrons. The monoisotopic (exact) mass is 313 g/mol. The lowest BCUT2D eigenvalue weighted by atomic mass is 10.2. The molecule has 0 radical (unpaired) electrons. The minimum absolute atomic E-state index is 0.218. The quantitative estimate of drug-likeness (QED) is 0.806. The zero-order valence-corrected chi connectivity index (χ0v) is 13.3. The Morgan fingerprint density at radius 3 is 2.26 bits per heavy atom. The van der Waals surface area contributed by atoms with Crippen LogP contribution in [0.3, 0.4) is 0 Å². The predicted molar refractivity (Wildman–Crippen MR) is 91.1 cm³/mol. The van der Waals surface area contributed by atoms with E-state index in [4.69, 9.17) is 4.74 Å². The van der Waals surface area contributed by atoms with E-state index in [-0.39, 0.29) is 11.9 Å². The molecule has 6 heteroatoms. The molecule has 0 aliphatic carbocycles. The first kappa shape index (κ1) is 16.4. The van der Waals surface area contributed by atoms with Crippen molar-refractivity contribution in [1.82, 2.24) is 0 Å². The molecule has 2 rings (SSSR count). The van der Waals surface area contributed by atoms with E-state index in [0.717, 1.165) is 5.56 Å². The van der Waals surface area contributed by atoms with E-state index in [1.807, 2.05) is 31.2 Å². The lowest BCUT2D eigenvalue weighted by Gasteiger charge is -2.12. The van der Waals surface area contributed by atoms with Crippen LogP contribution in [0.1, 0.15) is 12.5 Å². The van der Waals surface area contributed by atoms with Crippen LogP contribution in [0, 0.1) is 6.92 Å². The van der Waals surface area contributed by atoms with Crippen molar-refractivity contribution in [1.29, 1.82) is 0 Å². The van der Waals surface area contributed by atoms with Gasteiger partial charge in [-0.05, 0) is 42.8 Å². The standard InChI is InChI=1S/C17H19N3O3/c1-11-5-4-6-13(9-11)19-17(22)20-14-7-8-16(23-3)15(10-14)18-12(2)21/h4-10H,1-3H3,(H,18,21)(H2,19,20,22). The third kappa shape index (κ3) is 4.74. The summed E-state index contributed by atoms with van der Waals surface area (Å²) in [5, 5.41) is 8.13. The normalized spacial score (nSPS) is 9.87. The van der Waals surface area contributed by atoms with Crippen LogP contribution in [0.2, 0.25) is 0 Å². The van der Waals surface area contributed by atoms with Crippen LogP contribution in [0.4, 0.5) is 21.9 Å². The Kier molecular flexibility index (Phi) is 5.19. The molecule has 2 aromatic carbocycles. The summed E-state index contributed by atoms with van der Waals surface area (Å²) in [5.41, 5.74) is 2.80. The first-order valence-corrected chi connectivity index (χ1v) is 7.08. The van der Waals surface area contributed by atoms with Gasteiger partial charge >= 0.3 is 6.03 Å². The van der Waals surface area contributed by atoms with Gasteiger partial charge in [-0.3, -0.25) is 4.79 Å². The summed E-state index contributed by atoms with van der Waals surface area (Å²) in [6, 6.07) is 12.1. The number of carbonyl (C=O) groups is 2. The fraction of sp³-hybridized carbons (Fsp3) is 0.176. The second-order valence-electron chi connectivity index (χ2n) is 5.04. The number of amides is 3. The van der Waals surface area contributed by atoms with Gasteiger partial charge in [0.05, 0.1) is 12.8 Å². The van der Waals surface area contributed by atoms with Crippen LogP contribution in [0.25, 0.3) is 0 Å². The molecule has 0 fully saturated rings. The van der Waals surface area contributed by atoms with Crippen LogP contribution < -0.4 is 20.7 Å². The average molecular weight is 313 g/mol. The second kappa shape index (κ2) is 7.31. The minimum Gasteiger partial charge on any atom is -0.495 e. The van der Waals surface area contributed by atoms with Gasteiger partial charge in [-0.15, -0.1) is 0 Å². The topological polar surface area (TPSA) is 79.5 Å². The molecule has 6 nitrogen and oxygen atoms in total. The van der Waals surface area contributed by atoms with Crippen molar-refractivity contribution in [2.24, 2.45) is 0 Å². The van der Waals surface area contributed by atoms with E-state index in [1.54, 1.807) is 18.2 Å². The van der Waals surface area contributed by atoms with Gasteiger partial charge in [0.2, 0.25) is 5.91 Å². The van der Waals surface area contributed by atoms with Gasteiger partial charge in [0, 0.05) is 18.3 Å². The first-order chi connectivity index (χ1) is 11.0. The highest BCUT2D eigenvalue weighted by Gasteiger charge is 2.08. The van der Waals surface area contributed by atoms with E-state index < -0.39 is 0 Å². The highest BCUT2D eigenvalue weighted by Crippen LogP contribution is 2.27. The maximum Gasteiger partial charge on any atom is 0.323 e. The Labute approximate surface area is 134 Å². The Morgan fingerprint density at radius 2 is 1.65 bits per heavy atom. The van der Waals surface area contributed by atoms with E-state index in [0.29, 0.717) is 22.8 Å². The molecule has 0 spiro atoms. The fourth-order valence-electron chi connectivity index (χ4n) is 2.09. The van der Waals surface area contributed by atoms with E-state index >= 15 is 0 Å². The number of ether oxygens (including phenoxy) is 1. The molecule has 0 atom stereocenters. The Bertz CT molecular complexity index is 729. The van der Waals surface area contributed by atoms with Gasteiger partial charge in [-0.2, -0.15) is 0 Å². The molecule has 2 aromatic rings. The number of hydrogen-bond acceptors (Lipinski definition) is 3. The molecule has 0 heterocycles. The Morgan fingerprint density at radius 1 is 0.957 bits per heavy atom. The summed E-state index contributed by atoms with van der Waals surface area (Å²) in [6.07, 6.45) is 0. The lowest BCUT2D eigenvalue weighted by Crippen LogP contribution is -2.19. The smallest absolute Gasteiger partial charge is 0.323 e. The number of hydrogen-bond donors (Lipinski definition) is 3. The molecule has 0 aliphatic heterocycles. The number of carbonyl (C=O) groups excluding carboxylic acids is 2. The van der Waals surface area contributed by atoms with Crippen LogP contribution in [-0.2, 0) is 4.79 Å². The summed E-state index contributed by atoms with van der Waals surface area (Å²) >= 11 is 0. The van der Waals surface area contributed by atoms with Crippen molar-refractivity contribution in [3.05, 3.63) is 48.0 Å². The molecular weight excluding hydrogens is 294 g/mol. The number of rotatable bonds is 4. The van der Waals surface area contributed by atoms with Gasteiger partial charge in [0.25, 0.3) is 0 Å². The number of nitrogens with one attached hydrogen (secondary N) is 3. The molecule has 0 aromatic heterocycles. The number of aryl methyl sites for hydroxylation is 1. The zero-order chi connectivity index (χ0) is 16.8. The summed E-state index contributed by atoms with van der Waals surface area (Å²) in [4.78, 5) is 23.3. The molecule has 23 heavy (non-hydrogen) atoms. The first-order valence-electron chi connectivity index (χ1n) is 7.08. The third-order valence-corrected chi connectivity index (χ3v) is 3.04. The van der Waals surface area contributed by atoms with Crippen molar-refractivity contribution in [3.8, 4) is 5.75 Å².